The lowest BCUT2D eigenvalue weighted by Gasteiger charge is -2.11. The summed E-state index contributed by atoms with van der Waals surface area (Å²) in [6.45, 7) is 0.362. The molecule has 0 saturated heterocycles. The van der Waals surface area contributed by atoms with Gasteiger partial charge >= 0.3 is 0 Å². The van der Waals surface area contributed by atoms with Gasteiger partial charge in [-0.1, -0.05) is 30.3 Å². The molecule has 0 aliphatic heterocycles. The SMILES string of the molecule is NCc1c(N)nc(C2CC2)nc1-c1ccccc1. The summed E-state index contributed by atoms with van der Waals surface area (Å²) in [6.07, 6.45) is 2.32. The Hall–Kier alpha value is -1.94. The molecular weight excluding hydrogens is 224 g/mol. The minimum atomic E-state index is 0.362. The summed E-state index contributed by atoms with van der Waals surface area (Å²) < 4.78 is 0. The number of aromatic nitrogens is 2. The lowest BCUT2D eigenvalue weighted by atomic mass is 10.1. The van der Waals surface area contributed by atoms with Gasteiger partial charge in [-0.15, -0.1) is 0 Å². The van der Waals surface area contributed by atoms with Crippen LogP contribution in [0.5, 0.6) is 0 Å². The Bertz CT molecular complexity index is 562. The third-order valence-electron chi connectivity index (χ3n) is 3.25. The van der Waals surface area contributed by atoms with Gasteiger partial charge in [0.05, 0.1) is 5.69 Å². The quantitative estimate of drug-likeness (QED) is 0.860. The summed E-state index contributed by atoms with van der Waals surface area (Å²) >= 11 is 0. The molecule has 1 aliphatic rings. The Morgan fingerprint density at radius 1 is 1.11 bits per heavy atom. The molecular formula is C14H16N4. The monoisotopic (exact) mass is 240 g/mol. The molecule has 1 heterocycles. The number of nitrogen functional groups attached to an aromatic ring is 1. The highest BCUT2D eigenvalue weighted by molar-refractivity contribution is 5.67. The molecule has 0 spiro atoms. The summed E-state index contributed by atoms with van der Waals surface area (Å²) in [6, 6.07) is 10.0. The maximum Gasteiger partial charge on any atom is 0.134 e. The molecule has 0 atom stereocenters. The van der Waals surface area contributed by atoms with E-state index >= 15 is 0 Å². The highest BCUT2D eigenvalue weighted by atomic mass is 15.0. The molecule has 1 aromatic heterocycles. The van der Waals surface area contributed by atoms with Gasteiger partial charge in [0.15, 0.2) is 0 Å². The number of hydrogen-bond donors (Lipinski definition) is 2. The van der Waals surface area contributed by atoms with Crippen molar-refractivity contribution < 1.29 is 0 Å². The van der Waals surface area contributed by atoms with E-state index in [0.717, 1.165) is 35.5 Å². The van der Waals surface area contributed by atoms with Crippen LogP contribution in [0.2, 0.25) is 0 Å². The van der Waals surface area contributed by atoms with Crippen molar-refractivity contribution in [2.24, 2.45) is 5.73 Å². The molecule has 4 N–H and O–H groups in total. The third-order valence-corrected chi connectivity index (χ3v) is 3.25. The highest BCUT2D eigenvalue weighted by Crippen LogP contribution is 2.39. The Kier molecular flexibility index (Phi) is 2.72. The summed E-state index contributed by atoms with van der Waals surface area (Å²) in [5, 5.41) is 0. The second-order valence-electron chi connectivity index (χ2n) is 4.64. The third kappa shape index (κ3) is 1.95. The van der Waals surface area contributed by atoms with Crippen molar-refractivity contribution in [3.05, 3.63) is 41.7 Å². The van der Waals surface area contributed by atoms with Crippen molar-refractivity contribution in [3.8, 4) is 11.3 Å². The highest BCUT2D eigenvalue weighted by Gasteiger charge is 2.28. The van der Waals surface area contributed by atoms with Crippen molar-refractivity contribution in [3.63, 3.8) is 0 Å². The van der Waals surface area contributed by atoms with E-state index < -0.39 is 0 Å². The van der Waals surface area contributed by atoms with Crippen LogP contribution in [-0.2, 0) is 6.54 Å². The van der Waals surface area contributed by atoms with E-state index in [1.165, 1.54) is 0 Å². The number of hydrogen-bond acceptors (Lipinski definition) is 4. The van der Waals surface area contributed by atoms with Crippen LogP contribution in [0.3, 0.4) is 0 Å². The normalized spacial score (nSPS) is 14.7. The summed E-state index contributed by atoms with van der Waals surface area (Å²) in [7, 11) is 0. The number of benzene rings is 1. The van der Waals surface area contributed by atoms with Gasteiger partial charge in [0.1, 0.15) is 11.6 Å². The van der Waals surface area contributed by atoms with Gasteiger partial charge in [0.25, 0.3) is 0 Å². The lowest BCUT2D eigenvalue weighted by Crippen LogP contribution is -2.10. The minimum Gasteiger partial charge on any atom is -0.383 e. The average Bonchev–Trinajstić information content (AvgIpc) is 3.23. The molecule has 0 amide bonds. The van der Waals surface area contributed by atoms with E-state index in [4.69, 9.17) is 11.5 Å². The second-order valence-corrected chi connectivity index (χ2v) is 4.64. The number of rotatable bonds is 3. The Labute approximate surface area is 106 Å². The van der Waals surface area contributed by atoms with Gasteiger partial charge in [0, 0.05) is 23.6 Å². The van der Waals surface area contributed by atoms with Crippen LogP contribution in [-0.4, -0.2) is 9.97 Å². The van der Waals surface area contributed by atoms with E-state index in [1.807, 2.05) is 30.3 Å². The van der Waals surface area contributed by atoms with E-state index in [-0.39, 0.29) is 0 Å². The molecule has 18 heavy (non-hydrogen) atoms. The second kappa shape index (κ2) is 4.38. The van der Waals surface area contributed by atoms with Crippen LogP contribution < -0.4 is 11.5 Å². The van der Waals surface area contributed by atoms with Gasteiger partial charge in [-0.25, -0.2) is 9.97 Å². The standard InChI is InChI=1S/C14H16N4/c15-8-11-12(9-4-2-1-3-5-9)17-14(10-6-7-10)18-13(11)16/h1-5,10H,6-8,15H2,(H2,16,17,18). The topological polar surface area (TPSA) is 77.8 Å². The van der Waals surface area contributed by atoms with Crippen LogP contribution in [0.15, 0.2) is 30.3 Å². The van der Waals surface area contributed by atoms with Crippen LogP contribution in [0.4, 0.5) is 5.82 Å². The Balaban J connectivity index is 2.16. The van der Waals surface area contributed by atoms with Crippen molar-refractivity contribution >= 4 is 5.82 Å². The number of nitrogens with two attached hydrogens (primary N) is 2. The first-order chi connectivity index (χ1) is 8.79. The fourth-order valence-corrected chi connectivity index (χ4v) is 2.08. The summed E-state index contributed by atoms with van der Waals surface area (Å²) in [5.41, 5.74) is 14.5. The fraction of sp³-hybridized carbons (Fsp3) is 0.286. The summed E-state index contributed by atoms with van der Waals surface area (Å²) in [4.78, 5) is 9.04. The Morgan fingerprint density at radius 2 is 1.83 bits per heavy atom. The molecule has 0 radical (unpaired) electrons. The molecule has 0 bridgehead atoms. The van der Waals surface area contributed by atoms with Crippen molar-refractivity contribution in [2.75, 3.05) is 5.73 Å². The molecule has 4 heteroatoms. The van der Waals surface area contributed by atoms with Crippen molar-refractivity contribution in [1.82, 2.24) is 9.97 Å². The van der Waals surface area contributed by atoms with Gasteiger partial charge in [0.2, 0.25) is 0 Å². The van der Waals surface area contributed by atoms with Crippen molar-refractivity contribution in [2.45, 2.75) is 25.3 Å². The number of anilines is 1. The van der Waals surface area contributed by atoms with E-state index in [9.17, 15) is 0 Å². The molecule has 2 aromatic rings. The minimum absolute atomic E-state index is 0.362. The van der Waals surface area contributed by atoms with Crippen LogP contribution in [0, 0.1) is 0 Å². The van der Waals surface area contributed by atoms with Gasteiger partial charge in [-0.2, -0.15) is 0 Å². The zero-order valence-corrected chi connectivity index (χ0v) is 10.1. The van der Waals surface area contributed by atoms with Crippen molar-refractivity contribution in [1.29, 1.82) is 0 Å². The maximum atomic E-state index is 6.00. The molecule has 1 aromatic carbocycles. The predicted molar refractivity (Wildman–Crippen MR) is 71.7 cm³/mol. The molecule has 4 nitrogen and oxygen atoms in total. The average molecular weight is 240 g/mol. The zero-order chi connectivity index (χ0) is 12.5. The van der Waals surface area contributed by atoms with E-state index in [0.29, 0.717) is 18.3 Å². The van der Waals surface area contributed by atoms with Crippen LogP contribution in [0.1, 0.15) is 30.1 Å². The molecule has 1 saturated carbocycles. The van der Waals surface area contributed by atoms with Crippen LogP contribution in [0.25, 0.3) is 11.3 Å². The van der Waals surface area contributed by atoms with E-state index in [1.54, 1.807) is 0 Å². The fourth-order valence-electron chi connectivity index (χ4n) is 2.08. The first-order valence-electron chi connectivity index (χ1n) is 6.21. The maximum absolute atomic E-state index is 6.00. The smallest absolute Gasteiger partial charge is 0.134 e. The zero-order valence-electron chi connectivity index (χ0n) is 10.1. The summed E-state index contributed by atoms with van der Waals surface area (Å²) in [5.74, 6) is 1.87. The molecule has 92 valence electrons. The molecule has 1 aliphatic carbocycles. The lowest BCUT2D eigenvalue weighted by molar-refractivity contribution is 0.909. The first-order valence-corrected chi connectivity index (χ1v) is 6.21. The molecule has 1 fully saturated rings. The Morgan fingerprint density at radius 3 is 2.44 bits per heavy atom. The number of nitrogens with zero attached hydrogens (tertiary/aromatic N) is 2. The van der Waals surface area contributed by atoms with Gasteiger partial charge < -0.3 is 11.5 Å². The molecule has 0 unspecified atom stereocenters. The largest absolute Gasteiger partial charge is 0.383 e. The molecule has 3 rings (SSSR count). The first kappa shape index (κ1) is 11.2. The van der Waals surface area contributed by atoms with E-state index in [2.05, 4.69) is 9.97 Å². The van der Waals surface area contributed by atoms with Gasteiger partial charge in [-0.3, -0.25) is 0 Å². The van der Waals surface area contributed by atoms with Crippen LogP contribution >= 0.6 is 0 Å². The predicted octanol–water partition coefficient (Wildman–Crippen LogP) is 2.06. The van der Waals surface area contributed by atoms with Gasteiger partial charge in [-0.05, 0) is 12.8 Å².